The Morgan fingerprint density at radius 2 is 1.68 bits per heavy atom. The van der Waals surface area contributed by atoms with Gasteiger partial charge in [-0.1, -0.05) is 62.4 Å². The number of nitrogens with one attached hydrogen (secondary N) is 2. The zero-order valence-corrected chi connectivity index (χ0v) is 19.3. The topological polar surface area (TPSA) is 114 Å². The van der Waals surface area contributed by atoms with Crippen LogP contribution in [0.15, 0.2) is 48.5 Å². The van der Waals surface area contributed by atoms with Crippen molar-refractivity contribution in [2.45, 2.75) is 50.8 Å². The fourth-order valence-corrected chi connectivity index (χ4v) is 4.73. The van der Waals surface area contributed by atoms with Crippen LogP contribution in [0.4, 0.5) is 4.79 Å². The maximum Gasteiger partial charge on any atom is 0.407 e. The molecule has 2 amide bonds. The van der Waals surface area contributed by atoms with Gasteiger partial charge in [0, 0.05) is 12.5 Å². The first-order valence-corrected chi connectivity index (χ1v) is 11.6. The third-order valence-electron chi connectivity index (χ3n) is 6.32. The summed E-state index contributed by atoms with van der Waals surface area (Å²) in [5, 5.41) is 14.7. The van der Waals surface area contributed by atoms with E-state index >= 15 is 0 Å². The Bertz CT molecular complexity index is 1020. The first kappa shape index (κ1) is 23.8. The van der Waals surface area contributed by atoms with Gasteiger partial charge in [0.1, 0.15) is 12.6 Å². The molecule has 2 aliphatic rings. The number of hydrogen-bond donors (Lipinski definition) is 3. The third kappa shape index (κ3) is 5.07. The van der Waals surface area contributed by atoms with E-state index in [9.17, 15) is 19.5 Å². The van der Waals surface area contributed by atoms with E-state index in [1.807, 2.05) is 50.2 Å². The maximum absolute atomic E-state index is 12.7. The average molecular weight is 467 g/mol. The molecule has 0 aromatic heterocycles. The van der Waals surface area contributed by atoms with Crippen molar-refractivity contribution in [3.05, 3.63) is 59.7 Å². The first-order valence-electron chi connectivity index (χ1n) is 11.6. The Balaban J connectivity index is 1.36. The largest absolute Gasteiger partial charge is 0.480 e. The third-order valence-corrected chi connectivity index (χ3v) is 6.32. The summed E-state index contributed by atoms with van der Waals surface area (Å²) >= 11 is 0. The lowest BCUT2D eigenvalue weighted by Crippen LogP contribution is -2.52. The number of alkyl carbamates (subject to hydrolysis) is 1. The number of rotatable bonds is 8. The number of carboxylic acid groups (broad SMARTS) is 1. The number of carbonyl (C=O) groups is 3. The first-order chi connectivity index (χ1) is 16.3. The Kier molecular flexibility index (Phi) is 7.17. The van der Waals surface area contributed by atoms with Gasteiger partial charge >= 0.3 is 12.1 Å². The van der Waals surface area contributed by atoms with Crippen molar-refractivity contribution in [3.8, 4) is 11.1 Å². The van der Waals surface area contributed by atoms with Gasteiger partial charge in [-0.2, -0.15) is 0 Å². The van der Waals surface area contributed by atoms with Crippen molar-refractivity contribution < 1.29 is 29.0 Å². The van der Waals surface area contributed by atoms with Gasteiger partial charge in [-0.25, -0.2) is 9.59 Å². The molecule has 3 N–H and O–H groups in total. The number of fused-ring (bicyclic) bond motifs is 3. The molecule has 1 fully saturated rings. The number of carboxylic acids is 1. The lowest BCUT2D eigenvalue weighted by atomic mass is 9.98. The van der Waals surface area contributed by atoms with E-state index in [0.717, 1.165) is 22.3 Å². The van der Waals surface area contributed by atoms with Gasteiger partial charge in [0.25, 0.3) is 5.91 Å². The minimum absolute atomic E-state index is 0.0653. The van der Waals surface area contributed by atoms with E-state index in [1.54, 1.807) is 0 Å². The van der Waals surface area contributed by atoms with Gasteiger partial charge in [0.15, 0.2) is 6.10 Å². The average Bonchev–Trinajstić information content (AvgIpc) is 3.39. The summed E-state index contributed by atoms with van der Waals surface area (Å²) in [5.74, 6) is -1.61. The highest BCUT2D eigenvalue weighted by atomic mass is 16.6. The molecule has 0 unspecified atom stereocenters. The quantitative estimate of drug-likeness (QED) is 0.550. The highest BCUT2D eigenvalue weighted by molar-refractivity contribution is 5.87. The number of amides is 2. The maximum atomic E-state index is 12.7. The Morgan fingerprint density at radius 1 is 1.06 bits per heavy atom. The second kappa shape index (κ2) is 10.3. The molecule has 8 heteroatoms. The summed E-state index contributed by atoms with van der Waals surface area (Å²) in [6.07, 6.45) is -0.857. The zero-order valence-electron chi connectivity index (χ0n) is 19.3. The van der Waals surface area contributed by atoms with Crippen LogP contribution < -0.4 is 10.6 Å². The van der Waals surface area contributed by atoms with Crippen molar-refractivity contribution in [2.75, 3.05) is 13.2 Å². The molecule has 8 nitrogen and oxygen atoms in total. The van der Waals surface area contributed by atoms with E-state index in [1.165, 1.54) is 0 Å². The van der Waals surface area contributed by atoms with Crippen LogP contribution in [0.1, 0.15) is 43.7 Å². The molecular formula is C26H30N2O6. The Hall–Kier alpha value is -3.39. The second-order valence-electron chi connectivity index (χ2n) is 9.19. The summed E-state index contributed by atoms with van der Waals surface area (Å²) < 4.78 is 11.1. The second-order valence-corrected chi connectivity index (χ2v) is 9.19. The molecule has 2 aromatic carbocycles. The number of ether oxygens (including phenoxy) is 2. The molecule has 180 valence electrons. The van der Waals surface area contributed by atoms with Gasteiger partial charge in [0.2, 0.25) is 0 Å². The van der Waals surface area contributed by atoms with Crippen LogP contribution in [-0.2, 0) is 19.1 Å². The lowest BCUT2D eigenvalue weighted by molar-refractivity contribution is -0.144. The van der Waals surface area contributed by atoms with Crippen LogP contribution in [0.3, 0.4) is 0 Å². The molecule has 1 aliphatic carbocycles. The molecule has 3 atom stereocenters. The Labute approximate surface area is 198 Å². The smallest absolute Gasteiger partial charge is 0.407 e. The molecule has 34 heavy (non-hydrogen) atoms. The van der Waals surface area contributed by atoms with Crippen molar-refractivity contribution in [1.82, 2.24) is 10.6 Å². The predicted molar refractivity (Wildman–Crippen MR) is 125 cm³/mol. The predicted octanol–water partition coefficient (Wildman–Crippen LogP) is 3.30. The molecule has 0 bridgehead atoms. The molecule has 0 spiro atoms. The van der Waals surface area contributed by atoms with Gasteiger partial charge in [-0.05, 0) is 41.0 Å². The number of benzene rings is 2. The number of aliphatic carboxylic acids is 1. The van der Waals surface area contributed by atoms with Gasteiger partial charge in [-0.3, -0.25) is 4.79 Å². The van der Waals surface area contributed by atoms with Crippen molar-refractivity contribution in [2.24, 2.45) is 5.92 Å². The minimum Gasteiger partial charge on any atom is -0.480 e. The zero-order chi connectivity index (χ0) is 24.2. The molecule has 1 aliphatic heterocycles. The van der Waals surface area contributed by atoms with Crippen LogP contribution in [0, 0.1) is 5.92 Å². The van der Waals surface area contributed by atoms with Gasteiger partial charge in [0.05, 0.1) is 6.04 Å². The monoisotopic (exact) mass is 466 g/mol. The van der Waals surface area contributed by atoms with Crippen LogP contribution >= 0.6 is 0 Å². The summed E-state index contributed by atoms with van der Waals surface area (Å²) in [5.41, 5.74) is 4.51. The van der Waals surface area contributed by atoms with Crippen molar-refractivity contribution >= 4 is 18.0 Å². The summed E-state index contributed by atoms with van der Waals surface area (Å²) in [4.78, 5) is 36.8. The van der Waals surface area contributed by atoms with E-state index in [0.29, 0.717) is 12.8 Å². The van der Waals surface area contributed by atoms with E-state index in [2.05, 4.69) is 22.8 Å². The summed E-state index contributed by atoms with van der Waals surface area (Å²) in [6, 6.07) is 14.6. The normalized spacial score (nSPS) is 19.9. The van der Waals surface area contributed by atoms with Gasteiger partial charge < -0.3 is 25.2 Å². The summed E-state index contributed by atoms with van der Waals surface area (Å²) in [6.45, 7) is 4.22. The number of hydrogen-bond acceptors (Lipinski definition) is 5. The van der Waals surface area contributed by atoms with E-state index in [-0.39, 0.29) is 25.0 Å². The Morgan fingerprint density at radius 3 is 2.26 bits per heavy atom. The standard InChI is InChI=1S/C26H30N2O6/c1-15(2)13-22(25(30)31)27-24(29)23-21(11-12-33-23)28-26(32)34-14-20-18-9-5-3-7-16(18)17-8-4-6-10-19(17)20/h3-10,15,20-23H,11-14H2,1-2H3,(H,27,29)(H,28,32)(H,30,31)/t21-,22+,23+/m0/s1. The van der Waals surface area contributed by atoms with Crippen LogP contribution in [0.2, 0.25) is 0 Å². The molecule has 0 saturated carbocycles. The summed E-state index contributed by atoms with van der Waals surface area (Å²) in [7, 11) is 0. The van der Waals surface area contributed by atoms with E-state index < -0.39 is 36.2 Å². The lowest BCUT2D eigenvalue weighted by Gasteiger charge is -2.23. The fourth-order valence-electron chi connectivity index (χ4n) is 4.73. The van der Waals surface area contributed by atoms with Gasteiger partial charge in [-0.15, -0.1) is 0 Å². The van der Waals surface area contributed by atoms with Crippen LogP contribution in [-0.4, -0.2) is 54.5 Å². The highest BCUT2D eigenvalue weighted by Gasteiger charge is 2.38. The molecule has 1 heterocycles. The molecule has 4 rings (SSSR count). The SMILES string of the molecule is CC(C)C[C@@H](NC(=O)[C@@H]1OCC[C@@H]1NC(=O)OCC1c2ccccc2-c2ccccc21)C(=O)O. The van der Waals surface area contributed by atoms with Crippen LogP contribution in [0.5, 0.6) is 0 Å². The minimum atomic E-state index is -1.10. The molecular weight excluding hydrogens is 436 g/mol. The van der Waals surface area contributed by atoms with Crippen molar-refractivity contribution in [1.29, 1.82) is 0 Å². The van der Waals surface area contributed by atoms with E-state index in [4.69, 9.17) is 9.47 Å². The molecule has 0 radical (unpaired) electrons. The highest BCUT2D eigenvalue weighted by Crippen LogP contribution is 2.44. The molecule has 2 aromatic rings. The van der Waals surface area contributed by atoms with Crippen molar-refractivity contribution in [3.63, 3.8) is 0 Å². The molecule has 1 saturated heterocycles. The van der Waals surface area contributed by atoms with Crippen LogP contribution in [0.25, 0.3) is 11.1 Å². The fraction of sp³-hybridized carbons (Fsp3) is 0.423. The number of carbonyl (C=O) groups excluding carboxylic acids is 2.